The Balaban J connectivity index is 1.72. The third kappa shape index (κ3) is 5.59. The molecule has 6 heteroatoms. The first kappa shape index (κ1) is 20.5. The van der Waals surface area contributed by atoms with E-state index in [9.17, 15) is 9.59 Å². The summed E-state index contributed by atoms with van der Waals surface area (Å²) >= 11 is 0. The minimum absolute atomic E-state index is 0.0931. The van der Waals surface area contributed by atoms with Crippen molar-refractivity contribution < 1.29 is 19.2 Å². The molecular formula is C20H32N2O4. The van der Waals surface area contributed by atoms with Gasteiger partial charge in [-0.25, -0.2) is 9.59 Å². The van der Waals surface area contributed by atoms with E-state index in [0.29, 0.717) is 0 Å². The van der Waals surface area contributed by atoms with Crippen molar-refractivity contribution >= 4 is 12.1 Å². The van der Waals surface area contributed by atoms with Crippen LogP contribution in [-0.2, 0) is 14.4 Å². The lowest BCUT2D eigenvalue weighted by Gasteiger charge is -2.33. The first-order valence-corrected chi connectivity index (χ1v) is 9.42. The average molecular weight is 364 g/mol. The fourth-order valence-corrected chi connectivity index (χ4v) is 3.17. The van der Waals surface area contributed by atoms with Gasteiger partial charge in [-0.3, -0.25) is 0 Å². The molecule has 2 atom stereocenters. The highest BCUT2D eigenvalue weighted by Crippen LogP contribution is 2.34. The molecule has 1 amide bonds. The second-order valence-corrected chi connectivity index (χ2v) is 8.52. The van der Waals surface area contributed by atoms with Crippen molar-refractivity contribution in [3.8, 4) is 0 Å². The molecule has 0 aliphatic heterocycles. The van der Waals surface area contributed by atoms with E-state index in [4.69, 9.17) is 9.57 Å². The van der Waals surface area contributed by atoms with Gasteiger partial charge in [-0.1, -0.05) is 31.2 Å². The molecule has 0 heterocycles. The number of rotatable bonds is 4. The number of alkyl carbamates (subject to hydrolysis) is 1. The van der Waals surface area contributed by atoms with Crippen molar-refractivity contribution in [3.63, 3.8) is 0 Å². The number of hydrogen-bond donors (Lipinski definition) is 2. The predicted octanol–water partition coefficient (Wildman–Crippen LogP) is 3.64. The number of allylic oxidation sites excluding steroid dienone is 3. The summed E-state index contributed by atoms with van der Waals surface area (Å²) in [5.74, 6) is -0.171. The van der Waals surface area contributed by atoms with Gasteiger partial charge in [0.25, 0.3) is 0 Å². The van der Waals surface area contributed by atoms with Gasteiger partial charge in [-0.05, 0) is 59.3 Å². The number of hydroxylamine groups is 1. The van der Waals surface area contributed by atoms with Gasteiger partial charge in [-0.2, -0.15) is 0 Å². The van der Waals surface area contributed by atoms with E-state index < -0.39 is 11.0 Å². The molecular weight excluding hydrogens is 332 g/mol. The maximum atomic E-state index is 12.5. The second-order valence-electron chi connectivity index (χ2n) is 8.52. The molecule has 6 nitrogen and oxygen atoms in total. The Labute approximate surface area is 156 Å². The van der Waals surface area contributed by atoms with E-state index in [2.05, 4.69) is 10.8 Å². The molecule has 0 radical (unpaired) electrons. The quantitative estimate of drug-likeness (QED) is 0.745. The zero-order valence-electron chi connectivity index (χ0n) is 16.5. The molecule has 26 heavy (non-hydrogen) atoms. The summed E-state index contributed by atoms with van der Waals surface area (Å²) in [6, 6.07) is 0.209. The number of hydrogen-bond acceptors (Lipinski definition) is 5. The van der Waals surface area contributed by atoms with Gasteiger partial charge in [0.05, 0.1) is 5.41 Å². The van der Waals surface area contributed by atoms with Crippen molar-refractivity contribution in [1.29, 1.82) is 0 Å². The van der Waals surface area contributed by atoms with Crippen LogP contribution in [0.2, 0.25) is 0 Å². The van der Waals surface area contributed by atoms with Crippen LogP contribution in [0.25, 0.3) is 0 Å². The Morgan fingerprint density at radius 3 is 2.27 bits per heavy atom. The Morgan fingerprint density at radius 1 is 1.08 bits per heavy atom. The second kappa shape index (κ2) is 8.25. The average Bonchev–Trinajstić information content (AvgIpc) is 2.55. The first-order chi connectivity index (χ1) is 12.1. The van der Waals surface area contributed by atoms with E-state index in [1.807, 2.05) is 58.9 Å². The normalized spacial score (nSPS) is 31.3. The van der Waals surface area contributed by atoms with Crippen LogP contribution in [-0.4, -0.2) is 29.7 Å². The predicted molar refractivity (Wildman–Crippen MR) is 100 cm³/mol. The molecule has 2 aliphatic carbocycles. The van der Waals surface area contributed by atoms with Crippen LogP contribution in [0.3, 0.4) is 0 Å². The molecule has 1 saturated carbocycles. The molecule has 0 aromatic heterocycles. The van der Waals surface area contributed by atoms with E-state index in [1.54, 1.807) is 0 Å². The van der Waals surface area contributed by atoms with Crippen molar-refractivity contribution in [1.82, 2.24) is 10.8 Å². The summed E-state index contributed by atoms with van der Waals surface area (Å²) in [6.07, 6.45) is 10.7. The highest BCUT2D eigenvalue weighted by Gasteiger charge is 2.38. The highest BCUT2D eigenvalue weighted by molar-refractivity contribution is 5.79. The maximum absolute atomic E-state index is 12.5. The van der Waals surface area contributed by atoms with Crippen molar-refractivity contribution in [3.05, 3.63) is 24.3 Å². The van der Waals surface area contributed by atoms with Gasteiger partial charge in [-0.15, -0.1) is 5.48 Å². The zero-order chi connectivity index (χ0) is 19.4. The van der Waals surface area contributed by atoms with Crippen molar-refractivity contribution in [2.24, 2.45) is 11.3 Å². The van der Waals surface area contributed by atoms with E-state index in [-0.39, 0.29) is 30.1 Å². The molecule has 0 spiro atoms. The summed E-state index contributed by atoms with van der Waals surface area (Å²) in [6.45, 7) is 9.44. The summed E-state index contributed by atoms with van der Waals surface area (Å²) in [5, 5.41) is 2.91. The summed E-state index contributed by atoms with van der Waals surface area (Å²) < 4.78 is 5.29. The van der Waals surface area contributed by atoms with E-state index in [1.165, 1.54) is 0 Å². The summed E-state index contributed by atoms with van der Waals surface area (Å²) in [4.78, 5) is 29.7. The van der Waals surface area contributed by atoms with Gasteiger partial charge in [0, 0.05) is 12.1 Å². The molecule has 2 rings (SSSR count). The molecule has 0 aromatic carbocycles. The molecule has 0 saturated heterocycles. The lowest BCUT2D eigenvalue weighted by Crippen LogP contribution is -2.45. The summed E-state index contributed by atoms with van der Waals surface area (Å²) in [5.41, 5.74) is 1.79. The summed E-state index contributed by atoms with van der Waals surface area (Å²) in [7, 11) is 0. The van der Waals surface area contributed by atoms with Crippen LogP contribution in [0, 0.1) is 11.3 Å². The van der Waals surface area contributed by atoms with Crippen LogP contribution in [0.15, 0.2) is 24.3 Å². The van der Waals surface area contributed by atoms with Crippen LogP contribution in [0.4, 0.5) is 4.79 Å². The lowest BCUT2D eigenvalue weighted by atomic mass is 9.75. The van der Waals surface area contributed by atoms with Crippen molar-refractivity contribution in [2.75, 3.05) is 0 Å². The zero-order valence-corrected chi connectivity index (χ0v) is 16.5. The number of ether oxygens (including phenoxy) is 1. The monoisotopic (exact) mass is 364 g/mol. The van der Waals surface area contributed by atoms with Gasteiger partial charge < -0.3 is 14.9 Å². The topological polar surface area (TPSA) is 76.7 Å². The first-order valence-electron chi connectivity index (χ1n) is 9.42. The van der Waals surface area contributed by atoms with Crippen molar-refractivity contribution in [2.45, 2.75) is 78.0 Å². The third-order valence-corrected chi connectivity index (χ3v) is 5.11. The number of carbonyl (C=O) groups is 2. The van der Waals surface area contributed by atoms with Crippen LogP contribution < -0.4 is 10.8 Å². The van der Waals surface area contributed by atoms with E-state index >= 15 is 0 Å². The van der Waals surface area contributed by atoms with Crippen LogP contribution in [0.1, 0.15) is 60.3 Å². The lowest BCUT2D eigenvalue weighted by molar-refractivity contribution is -0.164. The SMILES string of the molecule is CC1C=CC=CC1(C)C(=O)ONC1CCC(NC(=O)OC(C)(C)C)CC1. The van der Waals surface area contributed by atoms with Gasteiger partial charge >= 0.3 is 12.1 Å². The largest absolute Gasteiger partial charge is 0.444 e. The Kier molecular flexibility index (Phi) is 6.50. The molecule has 1 fully saturated rings. The number of carbonyl (C=O) groups excluding carboxylic acids is 2. The third-order valence-electron chi connectivity index (χ3n) is 5.11. The van der Waals surface area contributed by atoms with Crippen LogP contribution >= 0.6 is 0 Å². The van der Waals surface area contributed by atoms with E-state index in [0.717, 1.165) is 25.7 Å². The minimum Gasteiger partial charge on any atom is -0.444 e. The molecule has 146 valence electrons. The Hall–Kier alpha value is -1.82. The number of amides is 1. The molecule has 2 unspecified atom stereocenters. The standard InChI is InChI=1S/C20H32N2O4/c1-14-8-6-7-13-20(14,5)17(23)26-22-16-11-9-15(10-12-16)21-18(24)25-19(2,3)4/h6-8,13-16,22H,9-12H2,1-5H3,(H,21,24). The molecule has 0 bridgehead atoms. The van der Waals surface area contributed by atoms with Crippen LogP contribution in [0.5, 0.6) is 0 Å². The van der Waals surface area contributed by atoms with Gasteiger partial charge in [0.2, 0.25) is 0 Å². The highest BCUT2D eigenvalue weighted by atomic mass is 16.7. The van der Waals surface area contributed by atoms with Gasteiger partial charge in [0.1, 0.15) is 5.60 Å². The fraction of sp³-hybridized carbons (Fsp3) is 0.700. The van der Waals surface area contributed by atoms with Gasteiger partial charge in [0.15, 0.2) is 0 Å². The Morgan fingerprint density at radius 2 is 1.69 bits per heavy atom. The smallest absolute Gasteiger partial charge is 0.407 e. The number of nitrogens with one attached hydrogen (secondary N) is 2. The Bertz CT molecular complexity index is 571. The molecule has 0 aromatic rings. The molecule has 2 N–H and O–H groups in total. The maximum Gasteiger partial charge on any atom is 0.407 e. The fourth-order valence-electron chi connectivity index (χ4n) is 3.17. The molecule has 2 aliphatic rings. The minimum atomic E-state index is -0.642.